The van der Waals surface area contributed by atoms with Crippen molar-refractivity contribution in [2.24, 2.45) is 0 Å². The number of hydrogen-bond donors (Lipinski definition) is 0. The molecule has 0 saturated carbocycles. The fourth-order valence-electron chi connectivity index (χ4n) is 11.1. The number of nitrogens with zero attached hydrogens (tertiary/aromatic N) is 1. The standard InChI is InChI=1S/C75H87N/c1-69(2,3)55-36-49(34-50(37-55)51-35-52(39-56(38-51)70(4,5)6)53-40-57(71(7,8)9)45-58(41-53)72(10,11)12)48-26-25-27-61(44-48)76(62-32-33-65-64-29-21-23-30-66(64)75(19,20)67(65)47-62)68-31-24-22-28-63(68)54-42-59(73(13,14)15)46-60(43-54)74(16,17)18/h21-47H,1-20H3. The van der Waals surface area contributed by atoms with Gasteiger partial charge in [-0.05, 0) is 170 Å². The second-order valence-electron chi connectivity index (χ2n) is 29.0. The number of hydrogen-bond acceptors (Lipinski definition) is 1. The molecular weight excluding hydrogens is 915 g/mol. The maximum absolute atomic E-state index is 2.53. The Morgan fingerprint density at radius 1 is 0.263 bits per heavy atom. The minimum Gasteiger partial charge on any atom is -0.310 e. The SMILES string of the molecule is CC(C)(C)c1cc(-c2cccc(N(c3ccc4c(c3)C(C)(C)c3ccccc3-4)c3ccccc3-c3cc(C(C)(C)C)cc(C(C)(C)C)c3)c2)cc(-c2cc(-c3cc(C(C)(C)C)cc(C(C)(C)C)c3)cc(C(C)(C)C)c2)c1. The predicted octanol–water partition coefficient (Wildman–Crippen LogP) is 21.9. The molecule has 0 radical (unpaired) electrons. The highest BCUT2D eigenvalue weighted by atomic mass is 15.1. The third-order valence-corrected chi connectivity index (χ3v) is 16.3. The van der Waals surface area contributed by atoms with Gasteiger partial charge in [0.25, 0.3) is 0 Å². The van der Waals surface area contributed by atoms with E-state index in [9.17, 15) is 0 Å². The summed E-state index contributed by atoms with van der Waals surface area (Å²) in [6, 6.07) is 63.9. The van der Waals surface area contributed by atoms with E-state index in [1.54, 1.807) is 0 Å². The highest BCUT2D eigenvalue weighted by molar-refractivity contribution is 5.92. The average Bonchev–Trinajstić information content (AvgIpc) is 3.57. The lowest BCUT2D eigenvalue weighted by atomic mass is 9.77. The second-order valence-corrected chi connectivity index (χ2v) is 29.0. The largest absolute Gasteiger partial charge is 0.310 e. The Kier molecular flexibility index (Phi) is 13.5. The summed E-state index contributed by atoms with van der Waals surface area (Å²) in [5.41, 5.74) is 26.4. The third-order valence-electron chi connectivity index (χ3n) is 16.3. The summed E-state index contributed by atoms with van der Waals surface area (Å²) >= 11 is 0. The molecule has 76 heavy (non-hydrogen) atoms. The third kappa shape index (κ3) is 10.8. The molecule has 0 aliphatic heterocycles. The molecule has 0 aromatic heterocycles. The zero-order valence-corrected chi connectivity index (χ0v) is 50.0. The molecule has 1 aliphatic rings. The van der Waals surface area contributed by atoms with Crippen LogP contribution in [0.25, 0.3) is 55.6 Å². The van der Waals surface area contributed by atoms with Crippen LogP contribution in [0.4, 0.5) is 17.1 Å². The second kappa shape index (κ2) is 18.9. The molecule has 392 valence electrons. The Hall–Kier alpha value is -6.44. The van der Waals surface area contributed by atoms with Crippen LogP contribution in [-0.2, 0) is 37.9 Å². The topological polar surface area (TPSA) is 3.24 Å². The lowest BCUT2D eigenvalue weighted by molar-refractivity contribution is 0.568. The first kappa shape index (κ1) is 54.4. The summed E-state index contributed by atoms with van der Waals surface area (Å²) in [4.78, 5) is 2.53. The normalized spacial score (nSPS) is 13.9. The van der Waals surface area contributed by atoms with Gasteiger partial charge in [-0.15, -0.1) is 0 Å². The molecule has 8 aromatic carbocycles. The fraction of sp³-hybridized carbons (Fsp3) is 0.360. The monoisotopic (exact) mass is 1000 g/mol. The van der Waals surface area contributed by atoms with Gasteiger partial charge < -0.3 is 4.90 Å². The Bertz CT molecular complexity index is 3430. The molecule has 0 N–H and O–H groups in total. The van der Waals surface area contributed by atoms with Crippen molar-refractivity contribution < 1.29 is 0 Å². The van der Waals surface area contributed by atoms with E-state index in [0.717, 1.165) is 17.1 Å². The summed E-state index contributed by atoms with van der Waals surface area (Å²) in [6.07, 6.45) is 0. The molecule has 1 aliphatic carbocycles. The van der Waals surface area contributed by atoms with E-state index in [1.807, 2.05) is 0 Å². The Morgan fingerprint density at radius 3 is 1.08 bits per heavy atom. The van der Waals surface area contributed by atoms with E-state index >= 15 is 0 Å². The molecule has 0 fully saturated rings. The molecule has 0 spiro atoms. The number of para-hydroxylation sites is 1. The number of benzene rings is 8. The van der Waals surface area contributed by atoms with Gasteiger partial charge in [0, 0.05) is 22.4 Å². The van der Waals surface area contributed by atoms with Crippen LogP contribution in [-0.4, -0.2) is 0 Å². The van der Waals surface area contributed by atoms with Crippen molar-refractivity contribution in [3.63, 3.8) is 0 Å². The Balaban J connectivity index is 1.26. The van der Waals surface area contributed by atoms with Crippen LogP contribution >= 0.6 is 0 Å². The number of rotatable bonds is 7. The maximum Gasteiger partial charge on any atom is 0.0540 e. The molecule has 0 amide bonds. The maximum atomic E-state index is 2.53. The molecule has 0 bridgehead atoms. The highest BCUT2D eigenvalue weighted by Gasteiger charge is 2.36. The predicted molar refractivity (Wildman–Crippen MR) is 333 cm³/mol. The van der Waals surface area contributed by atoms with Gasteiger partial charge in [-0.3, -0.25) is 0 Å². The van der Waals surface area contributed by atoms with Crippen LogP contribution < -0.4 is 4.90 Å². The molecular formula is C75H87N. The van der Waals surface area contributed by atoms with Crippen LogP contribution in [0.3, 0.4) is 0 Å². The number of anilines is 3. The Labute approximate surface area is 459 Å². The summed E-state index contributed by atoms with van der Waals surface area (Å²) in [7, 11) is 0. The van der Waals surface area contributed by atoms with Crippen LogP contribution in [0.1, 0.15) is 183 Å². The van der Waals surface area contributed by atoms with Crippen molar-refractivity contribution in [1.29, 1.82) is 0 Å². The van der Waals surface area contributed by atoms with Gasteiger partial charge in [0.15, 0.2) is 0 Å². The molecule has 8 aromatic rings. The summed E-state index contributed by atoms with van der Waals surface area (Å²) in [5, 5.41) is 0. The van der Waals surface area contributed by atoms with Crippen molar-refractivity contribution in [1.82, 2.24) is 0 Å². The van der Waals surface area contributed by atoms with Crippen LogP contribution in [0.2, 0.25) is 0 Å². The van der Waals surface area contributed by atoms with Crippen LogP contribution in [0, 0.1) is 0 Å². The van der Waals surface area contributed by atoms with Gasteiger partial charge >= 0.3 is 0 Å². The van der Waals surface area contributed by atoms with E-state index in [-0.39, 0.29) is 37.9 Å². The van der Waals surface area contributed by atoms with Gasteiger partial charge in [0.05, 0.1) is 5.69 Å². The van der Waals surface area contributed by atoms with E-state index in [4.69, 9.17) is 0 Å². The molecule has 9 rings (SSSR count). The summed E-state index contributed by atoms with van der Waals surface area (Å²) in [6.45, 7) is 46.9. The van der Waals surface area contributed by atoms with E-state index < -0.39 is 0 Å². The quantitative estimate of drug-likeness (QED) is 0.154. The minimum absolute atomic E-state index is 0.0126. The van der Waals surface area contributed by atoms with Crippen LogP contribution in [0.5, 0.6) is 0 Å². The smallest absolute Gasteiger partial charge is 0.0540 e. The zero-order chi connectivity index (χ0) is 55.3. The van der Waals surface area contributed by atoms with Crippen molar-refractivity contribution in [3.05, 3.63) is 208 Å². The lowest BCUT2D eigenvalue weighted by Gasteiger charge is -2.31. The molecule has 0 heterocycles. The summed E-state index contributed by atoms with van der Waals surface area (Å²) in [5.74, 6) is 0. The molecule has 0 atom stereocenters. The van der Waals surface area contributed by atoms with Gasteiger partial charge in [-0.1, -0.05) is 260 Å². The summed E-state index contributed by atoms with van der Waals surface area (Å²) < 4.78 is 0. The first-order chi connectivity index (χ1) is 35.2. The minimum atomic E-state index is -0.157. The van der Waals surface area contributed by atoms with E-state index in [0.29, 0.717) is 0 Å². The van der Waals surface area contributed by atoms with Crippen molar-refractivity contribution in [3.8, 4) is 55.6 Å². The average molecular weight is 1000 g/mol. The fourth-order valence-corrected chi connectivity index (χ4v) is 11.1. The van der Waals surface area contributed by atoms with E-state index in [1.165, 1.54) is 100 Å². The van der Waals surface area contributed by atoms with Crippen LogP contribution in [0.15, 0.2) is 164 Å². The first-order valence-corrected chi connectivity index (χ1v) is 28.1. The van der Waals surface area contributed by atoms with Gasteiger partial charge in [-0.25, -0.2) is 0 Å². The molecule has 1 nitrogen and oxygen atoms in total. The Morgan fingerprint density at radius 2 is 0.618 bits per heavy atom. The lowest BCUT2D eigenvalue weighted by Crippen LogP contribution is -2.17. The van der Waals surface area contributed by atoms with Crippen molar-refractivity contribution in [2.45, 2.75) is 176 Å². The molecule has 0 saturated heterocycles. The van der Waals surface area contributed by atoms with Gasteiger partial charge in [0.2, 0.25) is 0 Å². The highest BCUT2D eigenvalue weighted by Crippen LogP contribution is 2.52. The number of fused-ring (bicyclic) bond motifs is 3. The zero-order valence-electron chi connectivity index (χ0n) is 50.0. The van der Waals surface area contributed by atoms with E-state index in [2.05, 4.69) is 307 Å². The van der Waals surface area contributed by atoms with Gasteiger partial charge in [0.1, 0.15) is 0 Å². The van der Waals surface area contributed by atoms with Gasteiger partial charge in [-0.2, -0.15) is 0 Å². The molecule has 0 unspecified atom stereocenters. The molecule has 1 heteroatoms. The van der Waals surface area contributed by atoms with Crippen molar-refractivity contribution >= 4 is 17.1 Å². The first-order valence-electron chi connectivity index (χ1n) is 28.1. The van der Waals surface area contributed by atoms with Crippen molar-refractivity contribution in [2.75, 3.05) is 4.90 Å².